The first-order valence-corrected chi connectivity index (χ1v) is 5.59. The zero-order chi connectivity index (χ0) is 11.5. The number of nitrogens with zero attached hydrogens (tertiary/aromatic N) is 1. The van der Waals surface area contributed by atoms with Crippen molar-refractivity contribution in [1.29, 1.82) is 0 Å². The molecular formula is C13H16N2O. The predicted octanol–water partition coefficient (Wildman–Crippen LogP) is 2.43. The lowest BCUT2D eigenvalue weighted by molar-refractivity contribution is 0.857. The molecule has 3 nitrogen and oxygen atoms in total. The highest BCUT2D eigenvalue weighted by molar-refractivity contribution is 5.39. The zero-order valence-corrected chi connectivity index (χ0v) is 9.66. The van der Waals surface area contributed by atoms with Crippen molar-refractivity contribution in [3.05, 3.63) is 51.9 Å². The Hall–Kier alpha value is -1.77. The Morgan fingerprint density at radius 1 is 1.31 bits per heavy atom. The number of H-pyrrole nitrogens is 1. The molecule has 1 aromatic heterocycles. The molecule has 0 saturated carbocycles. The van der Waals surface area contributed by atoms with Gasteiger partial charge in [-0.05, 0) is 25.0 Å². The molecule has 3 heteroatoms. The fraction of sp³-hybridized carbons (Fsp3) is 0.308. The van der Waals surface area contributed by atoms with E-state index in [1.165, 1.54) is 0 Å². The highest BCUT2D eigenvalue weighted by Crippen LogP contribution is 2.11. The smallest absolute Gasteiger partial charge is 0.267 e. The van der Waals surface area contributed by atoms with Crippen molar-refractivity contribution in [2.75, 3.05) is 0 Å². The molecule has 1 heterocycles. The number of aryl methyl sites for hydroxylation is 2. The third-order valence-corrected chi connectivity index (χ3v) is 2.69. The number of aromatic amines is 1. The maximum Gasteiger partial charge on any atom is 0.267 e. The molecule has 0 bridgehead atoms. The molecule has 0 aliphatic heterocycles. The second kappa shape index (κ2) is 4.39. The molecule has 16 heavy (non-hydrogen) atoms. The van der Waals surface area contributed by atoms with E-state index in [9.17, 15) is 4.79 Å². The molecule has 0 amide bonds. The van der Waals surface area contributed by atoms with Gasteiger partial charge in [-0.1, -0.05) is 31.5 Å². The van der Waals surface area contributed by atoms with Crippen LogP contribution in [0.3, 0.4) is 0 Å². The van der Waals surface area contributed by atoms with Gasteiger partial charge < -0.3 is 0 Å². The van der Waals surface area contributed by atoms with Gasteiger partial charge in [0.05, 0.1) is 5.69 Å². The van der Waals surface area contributed by atoms with Crippen molar-refractivity contribution in [1.82, 2.24) is 9.78 Å². The molecule has 0 atom stereocenters. The van der Waals surface area contributed by atoms with Crippen LogP contribution in [0, 0.1) is 6.92 Å². The lowest BCUT2D eigenvalue weighted by Crippen LogP contribution is -2.07. The third-order valence-electron chi connectivity index (χ3n) is 2.69. The van der Waals surface area contributed by atoms with Gasteiger partial charge in [-0.15, -0.1) is 0 Å². The lowest BCUT2D eigenvalue weighted by Gasteiger charge is -2.05. The van der Waals surface area contributed by atoms with E-state index in [1.54, 1.807) is 0 Å². The molecule has 84 valence electrons. The molecule has 0 unspecified atom stereocenters. The fourth-order valence-corrected chi connectivity index (χ4v) is 1.84. The third kappa shape index (κ3) is 1.94. The van der Waals surface area contributed by atoms with Crippen LogP contribution in [0.15, 0.2) is 35.3 Å². The summed E-state index contributed by atoms with van der Waals surface area (Å²) in [5.74, 6) is 0. The summed E-state index contributed by atoms with van der Waals surface area (Å²) in [6.45, 7) is 4.11. The lowest BCUT2D eigenvalue weighted by atomic mass is 10.2. The number of nitrogens with one attached hydrogen (secondary N) is 1. The molecule has 0 radical (unpaired) electrons. The molecule has 0 spiro atoms. The Morgan fingerprint density at radius 2 is 2.06 bits per heavy atom. The minimum atomic E-state index is 0.0186. The van der Waals surface area contributed by atoms with Crippen LogP contribution in [0.2, 0.25) is 0 Å². The van der Waals surface area contributed by atoms with E-state index in [4.69, 9.17) is 0 Å². The number of benzene rings is 1. The summed E-state index contributed by atoms with van der Waals surface area (Å²) in [5, 5.41) is 2.85. The summed E-state index contributed by atoms with van der Waals surface area (Å²) in [4.78, 5) is 11.6. The van der Waals surface area contributed by atoms with Crippen LogP contribution in [0.4, 0.5) is 0 Å². The van der Waals surface area contributed by atoms with Crippen molar-refractivity contribution in [2.45, 2.75) is 26.7 Å². The molecule has 2 rings (SSSR count). The maximum atomic E-state index is 11.6. The van der Waals surface area contributed by atoms with Crippen molar-refractivity contribution in [3.63, 3.8) is 0 Å². The fourth-order valence-electron chi connectivity index (χ4n) is 1.84. The second-order valence-corrected chi connectivity index (χ2v) is 4.00. The van der Waals surface area contributed by atoms with Gasteiger partial charge in [0.15, 0.2) is 0 Å². The van der Waals surface area contributed by atoms with Gasteiger partial charge in [-0.25, -0.2) is 0 Å². The van der Waals surface area contributed by atoms with Gasteiger partial charge in [0, 0.05) is 11.8 Å². The van der Waals surface area contributed by atoms with E-state index in [-0.39, 0.29) is 5.56 Å². The zero-order valence-electron chi connectivity index (χ0n) is 9.66. The summed E-state index contributed by atoms with van der Waals surface area (Å²) in [7, 11) is 0. The Bertz CT molecular complexity index is 537. The number of para-hydroxylation sites is 1. The molecule has 2 aromatic rings. The van der Waals surface area contributed by atoms with Gasteiger partial charge in [-0.3, -0.25) is 14.6 Å². The van der Waals surface area contributed by atoms with Crippen LogP contribution >= 0.6 is 0 Å². The normalized spacial score (nSPS) is 10.6. The molecule has 1 aromatic carbocycles. The van der Waals surface area contributed by atoms with Crippen molar-refractivity contribution in [3.8, 4) is 5.69 Å². The average Bonchev–Trinajstić information content (AvgIpc) is 2.61. The number of hydrogen-bond donors (Lipinski definition) is 1. The summed E-state index contributed by atoms with van der Waals surface area (Å²) >= 11 is 0. The van der Waals surface area contributed by atoms with Gasteiger partial charge in [-0.2, -0.15) is 0 Å². The Labute approximate surface area is 94.7 Å². The first-order chi connectivity index (χ1) is 7.72. The minimum Gasteiger partial charge on any atom is -0.268 e. The highest BCUT2D eigenvalue weighted by atomic mass is 16.1. The summed E-state index contributed by atoms with van der Waals surface area (Å²) < 4.78 is 1.81. The van der Waals surface area contributed by atoms with Crippen molar-refractivity contribution < 1.29 is 0 Å². The summed E-state index contributed by atoms with van der Waals surface area (Å²) in [5.41, 5.74) is 3.05. The monoisotopic (exact) mass is 216 g/mol. The van der Waals surface area contributed by atoms with Crippen LogP contribution < -0.4 is 5.56 Å². The summed E-state index contributed by atoms with van der Waals surface area (Å²) in [6.07, 6.45) is 3.71. The molecule has 0 aliphatic rings. The van der Waals surface area contributed by atoms with Gasteiger partial charge in [0.2, 0.25) is 0 Å². The van der Waals surface area contributed by atoms with E-state index in [1.807, 2.05) is 42.1 Å². The van der Waals surface area contributed by atoms with Crippen LogP contribution in [0.1, 0.15) is 24.5 Å². The quantitative estimate of drug-likeness (QED) is 0.840. The Morgan fingerprint density at radius 3 is 2.75 bits per heavy atom. The largest absolute Gasteiger partial charge is 0.268 e. The maximum absolute atomic E-state index is 11.6. The minimum absolute atomic E-state index is 0.0186. The number of aromatic nitrogens is 2. The van der Waals surface area contributed by atoms with E-state index >= 15 is 0 Å². The van der Waals surface area contributed by atoms with E-state index in [0.29, 0.717) is 0 Å². The van der Waals surface area contributed by atoms with Crippen LogP contribution in [-0.2, 0) is 6.42 Å². The molecule has 0 aliphatic carbocycles. The van der Waals surface area contributed by atoms with Crippen molar-refractivity contribution >= 4 is 0 Å². The molecule has 0 saturated heterocycles. The predicted molar refractivity (Wildman–Crippen MR) is 65.1 cm³/mol. The number of rotatable bonds is 3. The van der Waals surface area contributed by atoms with Gasteiger partial charge in [0.1, 0.15) is 0 Å². The molecular weight excluding hydrogens is 200 g/mol. The van der Waals surface area contributed by atoms with E-state index in [2.05, 4.69) is 12.0 Å². The SMILES string of the molecule is CCCc1cn(-c2ccccc2C)[nH]c1=O. The second-order valence-electron chi connectivity index (χ2n) is 4.00. The van der Waals surface area contributed by atoms with Crippen molar-refractivity contribution in [2.24, 2.45) is 0 Å². The Kier molecular flexibility index (Phi) is 2.95. The first kappa shape index (κ1) is 10.7. The molecule has 1 N–H and O–H groups in total. The standard InChI is InChI=1S/C13H16N2O/c1-3-6-11-9-15(14-13(11)16)12-8-5-4-7-10(12)2/h4-5,7-9H,3,6H2,1-2H3,(H,14,16). The van der Waals surface area contributed by atoms with Crippen LogP contribution in [-0.4, -0.2) is 9.78 Å². The average molecular weight is 216 g/mol. The topological polar surface area (TPSA) is 37.8 Å². The van der Waals surface area contributed by atoms with E-state index in [0.717, 1.165) is 29.7 Å². The van der Waals surface area contributed by atoms with Gasteiger partial charge in [0.25, 0.3) is 5.56 Å². The van der Waals surface area contributed by atoms with Crippen LogP contribution in [0.25, 0.3) is 5.69 Å². The van der Waals surface area contributed by atoms with E-state index < -0.39 is 0 Å². The first-order valence-electron chi connectivity index (χ1n) is 5.59. The highest BCUT2D eigenvalue weighted by Gasteiger charge is 2.05. The molecule has 0 fully saturated rings. The van der Waals surface area contributed by atoms with Crippen LogP contribution in [0.5, 0.6) is 0 Å². The van der Waals surface area contributed by atoms with Gasteiger partial charge >= 0.3 is 0 Å². The Balaban J connectivity index is 2.46. The summed E-state index contributed by atoms with van der Waals surface area (Å²) in [6, 6.07) is 8.00. The number of hydrogen-bond acceptors (Lipinski definition) is 1.